The summed E-state index contributed by atoms with van der Waals surface area (Å²) < 4.78 is 0. The topological polar surface area (TPSA) is 40.5 Å². The van der Waals surface area contributed by atoms with E-state index >= 15 is 0 Å². The van der Waals surface area contributed by atoms with Crippen LogP contribution >= 0.6 is 0 Å². The number of hydrogen-bond donors (Lipinski definition) is 2. The molecule has 5 aliphatic carbocycles. The Morgan fingerprint density at radius 3 is 2.63 bits per heavy atom. The van der Waals surface area contributed by atoms with Crippen molar-refractivity contribution >= 4 is 0 Å². The number of hydrogen-bond acceptors (Lipinski definition) is 2. The highest BCUT2D eigenvalue weighted by Crippen LogP contribution is 2.74. The zero-order valence-electron chi connectivity index (χ0n) is 17.7. The molecule has 0 heterocycles. The second kappa shape index (κ2) is 6.08. The van der Waals surface area contributed by atoms with Crippen molar-refractivity contribution in [2.24, 2.45) is 39.9 Å². The number of rotatable bonds is 1. The first-order valence-electron chi connectivity index (χ1n) is 11.9. The molecule has 0 saturated heterocycles. The Morgan fingerprint density at radius 1 is 1.04 bits per heavy atom. The van der Waals surface area contributed by atoms with Gasteiger partial charge in [-0.05, 0) is 99.2 Å². The van der Waals surface area contributed by atoms with E-state index in [0.29, 0.717) is 10.8 Å². The van der Waals surface area contributed by atoms with Crippen molar-refractivity contribution in [3.05, 3.63) is 11.6 Å². The van der Waals surface area contributed by atoms with Gasteiger partial charge < -0.3 is 10.2 Å². The third-order valence-electron chi connectivity index (χ3n) is 10.9. The molecule has 152 valence electrons. The van der Waals surface area contributed by atoms with Gasteiger partial charge >= 0.3 is 0 Å². The standard InChI is InChI=1S/C25H40O2/c1-16(26)25-11-5-4-6-18(25)15-22-20-8-7-17-14-19(27)9-12-23(17,2)21(20)10-13-24(22,25)3/h7,16,18-22,26-27H,4-6,8-15H2,1-3H3/t16?,18-,19+,20?,21?,22?,23+,24+,25+/m1/s1. The van der Waals surface area contributed by atoms with E-state index in [1.165, 1.54) is 57.8 Å². The van der Waals surface area contributed by atoms with Crippen molar-refractivity contribution in [1.82, 2.24) is 0 Å². The average molecular weight is 373 g/mol. The molecule has 4 fully saturated rings. The second-order valence-electron chi connectivity index (χ2n) is 11.5. The fourth-order valence-corrected chi connectivity index (χ4v) is 9.66. The van der Waals surface area contributed by atoms with Crippen LogP contribution in [0.5, 0.6) is 0 Å². The summed E-state index contributed by atoms with van der Waals surface area (Å²) in [5.41, 5.74) is 2.40. The molecular formula is C25H40O2. The van der Waals surface area contributed by atoms with Crippen LogP contribution in [0.25, 0.3) is 0 Å². The maximum Gasteiger partial charge on any atom is 0.0577 e. The minimum atomic E-state index is -0.163. The van der Waals surface area contributed by atoms with Gasteiger partial charge in [-0.1, -0.05) is 38.3 Å². The van der Waals surface area contributed by atoms with E-state index in [1.54, 1.807) is 5.57 Å². The van der Waals surface area contributed by atoms with E-state index in [2.05, 4.69) is 26.8 Å². The van der Waals surface area contributed by atoms with Crippen LogP contribution in [0.15, 0.2) is 11.6 Å². The van der Waals surface area contributed by atoms with E-state index in [1.807, 2.05) is 0 Å². The summed E-state index contributed by atoms with van der Waals surface area (Å²) in [6.45, 7) is 7.22. The van der Waals surface area contributed by atoms with E-state index in [4.69, 9.17) is 0 Å². The van der Waals surface area contributed by atoms with Gasteiger partial charge in [0.1, 0.15) is 0 Å². The fraction of sp³-hybridized carbons (Fsp3) is 0.920. The van der Waals surface area contributed by atoms with Crippen LogP contribution in [0.1, 0.15) is 91.4 Å². The van der Waals surface area contributed by atoms with Crippen LogP contribution in [-0.4, -0.2) is 22.4 Å². The molecule has 2 N–H and O–H groups in total. The van der Waals surface area contributed by atoms with Crippen molar-refractivity contribution in [2.45, 2.75) is 104 Å². The molecule has 5 aliphatic rings. The van der Waals surface area contributed by atoms with E-state index in [-0.39, 0.29) is 17.6 Å². The first-order chi connectivity index (χ1) is 12.8. The molecule has 0 aliphatic heterocycles. The summed E-state index contributed by atoms with van der Waals surface area (Å²) in [5.74, 6) is 3.13. The van der Waals surface area contributed by atoms with Gasteiger partial charge in [0.05, 0.1) is 12.2 Å². The highest BCUT2D eigenvalue weighted by molar-refractivity contribution is 5.27. The van der Waals surface area contributed by atoms with Crippen molar-refractivity contribution in [1.29, 1.82) is 0 Å². The Kier molecular flexibility index (Phi) is 4.21. The molecule has 0 aromatic heterocycles. The lowest BCUT2D eigenvalue weighted by Gasteiger charge is -2.61. The molecule has 0 radical (unpaired) electrons. The summed E-state index contributed by atoms with van der Waals surface area (Å²) in [6.07, 6.45) is 15.9. The van der Waals surface area contributed by atoms with Gasteiger partial charge in [0, 0.05) is 5.41 Å². The second-order valence-corrected chi connectivity index (χ2v) is 11.5. The molecule has 0 spiro atoms. The third kappa shape index (κ3) is 2.26. The monoisotopic (exact) mass is 372 g/mol. The highest BCUT2D eigenvalue weighted by atomic mass is 16.3. The summed E-state index contributed by atoms with van der Waals surface area (Å²) in [6, 6.07) is 0. The zero-order valence-corrected chi connectivity index (χ0v) is 17.7. The molecule has 2 heteroatoms. The zero-order chi connectivity index (χ0) is 19.0. The van der Waals surface area contributed by atoms with Crippen LogP contribution in [0, 0.1) is 39.9 Å². The van der Waals surface area contributed by atoms with E-state index in [9.17, 15) is 10.2 Å². The van der Waals surface area contributed by atoms with Crippen LogP contribution in [0.4, 0.5) is 0 Å². The highest BCUT2D eigenvalue weighted by Gasteiger charge is 2.68. The molecule has 9 atom stereocenters. The first-order valence-corrected chi connectivity index (χ1v) is 11.9. The van der Waals surface area contributed by atoms with Gasteiger partial charge in [0.15, 0.2) is 0 Å². The molecule has 2 nitrogen and oxygen atoms in total. The molecule has 4 unspecified atom stereocenters. The maximum atomic E-state index is 11.1. The Morgan fingerprint density at radius 2 is 1.85 bits per heavy atom. The minimum Gasteiger partial charge on any atom is -0.393 e. The van der Waals surface area contributed by atoms with Gasteiger partial charge in [-0.3, -0.25) is 0 Å². The molecule has 0 aromatic rings. The Hall–Kier alpha value is -0.340. The van der Waals surface area contributed by atoms with Gasteiger partial charge in [-0.15, -0.1) is 0 Å². The minimum absolute atomic E-state index is 0.109. The van der Waals surface area contributed by atoms with Crippen LogP contribution in [0.3, 0.4) is 0 Å². The molecule has 5 rings (SSSR count). The lowest BCUT2D eigenvalue weighted by atomic mass is 9.44. The van der Waals surface area contributed by atoms with Crippen molar-refractivity contribution in [2.75, 3.05) is 0 Å². The molecule has 4 saturated carbocycles. The Bertz CT molecular complexity index is 638. The Labute approximate surface area is 165 Å². The summed E-state index contributed by atoms with van der Waals surface area (Å²) in [5, 5.41) is 21.3. The SMILES string of the molecule is CC(O)[C@@]12CCCC[C@@H]1CC1C3CC=C4C[C@@H](O)CC[C@]4(C)C3CC[C@@]12C. The van der Waals surface area contributed by atoms with Crippen LogP contribution in [0.2, 0.25) is 0 Å². The number of fused-ring (bicyclic) bond motifs is 7. The van der Waals surface area contributed by atoms with Crippen LogP contribution < -0.4 is 0 Å². The molecule has 0 aromatic carbocycles. The van der Waals surface area contributed by atoms with Crippen LogP contribution in [-0.2, 0) is 0 Å². The van der Waals surface area contributed by atoms with Gasteiger partial charge in [0.2, 0.25) is 0 Å². The fourth-order valence-electron chi connectivity index (χ4n) is 9.66. The van der Waals surface area contributed by atoms with Crippen molar-refractivity contribution < 1.29 is 10.2 Å². The lowest BCUT2D eigenvalue weighted by molar-refractivity contribution is -0.139. The van der Waals surface area contributed by atoms with Crippen molar-refractivity contribution in [3.63, 3.8) is 0 Å². The molecule has 0 bridgehead atoms. The van der Waals surface area contributed by atoms with Gasteiger partial charge in [-0.25, -0.2) is 0 Å². The smallest absolute Gasteiger partial charge is 0.0577 e. The normalized spacial score (nSPS) is 55.6. The summed E-state index contributed by atoms with van der Waals surface area (Å²) in [4.78, 5) is 0. The first kappa shape index (κ1) is 18.7. The van der Waals surface area contributed by atoms with Gasteiger partial charge in [0.25, 0.3) is 0 Å². The largest absolute Gasteiger partial charge is 0.393 e. The summed E-state index contributed by atoms with van der Waals surface area (Å²) in [7, 11) is 0. The number of allylic oxidation sites excluding steroid dienone is 1. The third-order valence-corrected chi connectivity index (χ3v) is 10.9. The van der Waals surface area contributed by atoms with Crippen molar-refractivity contribution in [3.8, 4) is 0 Å². The average Bonchev–Trinajstić information content (AvgIpc) is 2.92. The Balaban J connectivity index is 1.53. The number of aliphatic hydroxyl groups is 2. The molecule has 0 amide bonds. The number of aliphatic hydroxyl groups excluding tert-OH is 2. The molecular weight excluding hydrogens is 332 g/mol. The quantitative estimate of drug-likeness (QED) is 0.599. The predicted octanol–water partition coefficient (Wildman–Crippen LogP) is 5.48. The van der Waals surface area contributed by atoms with E-state index < -0.39 is 0 Å². The van der Waals surface area contributed by atoms with E-state index in [0.717, 1.165) is 36.5 Å². The predicted molar refractivity (Wildman–Crippen MR) is 109 cm³/mol. The molecule has 27 heavy (non-hydrogen) atoms. The van der Waals surface area contributed by atoms with Gasteiger partial charge in [-0.2, -0.15) is 0 Å². The lowest BCUT2D eigenvalue weighted by Crippen LogP contribution is -2.56. The summed E-state index contributed by atoms with van der Waals surface area (Å²) >= 11 is 0. The maximum absolute atomic E-state index is 11.1.